The normalized spacial score (nSPS) is 28.8. The largest absolute Gasteiger partial charge is 0.461 e. The first kappa shape index (κ1) is 36.1. The number of hydrogen-bond donors (Lipinski definition) is 4. The van der Waals surface area contributed by atoms with Gasteiger partial charge in [-0.1, -0.05) is 82.6 Å². The number of nitrogens with two attached hydrogens (primary N) is 1. The molecule has 0 aromatic heterocycles. The minimum Gasteiger partial charge on any atom is -0.461 e. The number of rotatable bonds is 10. The van der Waals surface area contributed by atoms with Gasteiger partial charge >= 0.3 is 5.97 Å². The van der Waals surface area contributed by atoms with Crippen molar-refractivity contribution in [2.75, 3.05) is 12.0 Å². The van der Waals surface area contributed by atoms with E-state index in [1.54, 1.807) is 24.3 Å². The Balaban J connectivity index is 1.65. The summed E-state index contributed by atoms with van der Waals surface area (Å²) in [6.45, 7) is 13.6. The molecule has 3 aliphatic rings. The second-order valence-electron chi connectivity index (χ2n) is 14.3. The Morgan fingerprint density at radius 1 is 1.24 bits per heavy atom. The zero-order valence-corrected chi connectivity index (χ0v) is 28.8. The number of carbonyl (C=O) groups excluding carboxylic acids is 3. The van der Waals surface area contributed by atoms with Crippen molar-refractivity contribution in [2.45, 2.75) is 102 Å². The number of amides is 2. The van der Waals surface area contributed by atoms with Crippen LogP contribution in [-0.2, 0) is 24.5 Å². The number of ether oxygens (including phenoxy) is 1. The van der Waals surface area contributed by atoms with E-state index < -0.39 is 42.1 Å². The highest BCUT2D eigenvalue weighted by Gasteiger charge is 2.65. The van der Waals surface area contributed by atoms with E-state index in [4.69, 9.17) is 33.7 Å². The third-order valence-corrected chi connectivity index (χ3v) is 9.77. The number of carbonyl (C=O) groups is 3. The van der Waals surface area contributed by atoms with E-state index in [1.807, 2.05) is 19.9 Å². The maximum absolute atomic E-state index is 14.3. The molecule has 1 saturated carbocycles. The summed E-state index contributed by atoms with van der Waals surface area (Å²) in [5.41, 5.74) is 6.47. The predicted molar refractivity (Wildman–Crippen MR) is 181 cm³/mol. The van der Waals surface area contributed by atoms with Gasteiger partial charge < -0.3 is 26.4 Å². The maximum Gasteiger partial charge on any atom is 0.323 e. The molecule has 1 aromatic carbocycles. The van der Waals surface area contributed by atoms with Crippen molar-refractivity contribution in [3.63, 3.8) is 0 Å². The van der Waals surface area contributed by atoms with Crippen LogP contribution in [0.25, 0.3) is 0 Å². The highest BCUT2D eigenvalue weighted by atomic mass is 35.5. The number of esters is 1. The number of alkyl halides is 1. The first-order valence-corrected chi connectivity index (χ1v) is 16.8. The molecule has 1 aliphatic carbocycles. The van der Waals surface area contributed by atoms with Crippen LogP contribution in [-0.4, -0.2) is 54.7 Å². The summed E-state index contributed by atoms with van der Waals surface area (Å²) in [6, 6.07) is 3.29. The summed E-state index contributed by atoms with van der Waals surface area (Å²) >= 11 is 12.2. The summed E-state index contributed by atoms with van der Waals surface area (Å²) in [5.74, 6) is -1.59. The number of anilines is 1. The van der Waals surface area contributed by atoms with Crippen molar-refractivity contribution in [1.82, 2.24) is 10.6 Å². The third-order valence-electron chi connectivity index (χ3n) is 9.31. The van der Waals surface area contributed by atoms with Gasteiger partial charge in [0.05, 0.1) is 6.04 Å². The number of allylic oxidation sites excluding steroid dienone is 4. The topological polar surface area (TPSA) is 123 Å². The van der Waals surface area contributed by atoms with Gasteiger partial charge in [0.1, 0.15) is 24.2 Å². The van der Waals surface area contributed by atoms with E-state index in [9.17, 15) is 18.8 Å². The maximum atomic E-state index is 14.3. The number of fused-ring (bicyclic) bond motifs is 2. The fraction of sp³-hybridized carbons (Fsp3) is 0.571. The standard InChI is InChI=1S/C35H47Cl2FN4O4/c1-19(2)29(39)32(44)46-24-13-11-23(12-14-24)40-31(43)30-28(20(3)8-7-9-22(37)18-38)35(27(42-30)17-34(4,5)6)25-15-10-21(36)16-26(25)41-33(35)45/h7-10,15-16,19,23-24,27-30,42H,3,11-14,17-18,39H2,1-2,4-6H3,(H,40,43)(H,41,45)/b8-7-,22-9+/t23?,24?,27-,28+,29-,30-,35+/m1/s1. The molecule has 2 amide bonds. The van der Waals surface area contributed by atoms with Gasteiger partial charge in [0.2, 0.25) is 11.8 Å². The quantitative estimate of drug-likeness (QED) is 0.176. The van der Waals surface area contributed by atoms with Crippen LogP contribution >= 0.6 is 23.2 Å². The average molecular weight is 678 g/mol. The molecule has 4 rings (SSSR count). The van der Waals surface area contributed by atoms with E-state index in [0.29, 0.717) is 48.4 Å². The van der Waals surface area contributed by atoms with Gasteiger partial charge in [-0.05, 0) is 72.8 Å². The lowest BCUT2D eigenvalue weighted by molar-refractivity contribution is -0.153. The van der Waals surface area contributed by atoms with Gasteiger partial charge in [-0.25, -0.2) is 4.39 Å². The first-order valence-electron chi connectivity index (χ1n) is 16.0. The minimum atomic E-state index is -1.18. The van der Waals surface area contributed by atoms with Gasteiger partial charge in [0.15, 0.2) is 0 Å². The molecular formula is C35H47Cl2FN4O4. The second-order valence-corrected chi connectivity index (χ2v) is 15.2. The third kappa shape index (κ3) is 7.70. The van der Waals surface area contributed by atoms with Crippen molar-refractivity contribution in [3.05, 3.63) is 64.2 Å². The van der Waals surface area contributed by atoms with Crippen molar-refractivity contribution in [3.8, 4) is 0 Å². The predicted octanol–water partition coefficient (Wildman–Crippen LogP) is 6.08. The molecular weight excluding hydrogens is 630 g/mol. The SMILES string of the molecule is C=C(/C=C\C=C(\Cl)CF)[C@H]1[C@H](C(=O)NC2CCC(OC(=O)[C@H](N)C(C)C)CC2)N[C@H](CC(C)(C)C)[C@]12C(=O)Nc1cc(Cl)ccc12. The molecule has 1 saturated heterocycles. The lowest BCUT2D eigenvalue weighted by Gasteiger charge is -2.38. The smallest absolute Gasteiger partial charge is 0.323 e. The van der Waals surface area contributed by atoms with Gasteiger partial charge in [0, 0.05) is 33.7 Å². The zero-order valence-electron chi connectivity index (χ0n) is 27.3. The fourth-order valence-corrected chi connectivity index (χ4v) is 7.27. The molecule has 2 heterocycles. The molecule has 46 heavy (non-hydrogen) atoms. The Morgan fingerprint density at radius 2 is 1.91 bits per heavy atom. The van der Waals surface area contributed by atoms with Crippen LogP contribution in [0.15, 0.2) is 53.6 Å². The Kier molecular flexibility index (Phi) is 11.5. The molecule has 5 atom stereocenters. The summed E-state index contributed by atoms with van der Waals surface area (Å²) in [7, 11) is 0. The van der Waals surface area contributed by atoms with Gasteiger partial charge in [-0.3, -0.25) is 14.4 Å². The second kappa shape index (κ2) is 14.6. The molecule has 252 valence electrons. The number of halogens is 3. The lowest BCUT2D eigenvalue weighted by Crippen LogP contribution is -2.51. The molecule has 11 heteroatoms. The van der Waals surface area contributed by atoms with Crippen LogP contribution in [0.1, 0.15) is 72.3 Å². The Labute approximate surface area is 281 Å². The zero-order chi connectivity index (χ0) is 34.0. The molecule has 1 spiro atoms. The monoisotopic (exact) mass is 676 g/mol. The Hall–Kier alpha value is -2.72. The van der Waals surface area contributed by atoms with Crippen molar-refractivity contribution in [2.24, 2.45) is 23.0 Å². The van der Waals surface area contributed by atoms with Gasteiger partial charge in [-0.2, -0.15) is 0 Å². The van der Waals surface area contributed by atoms with Gasteiger partial charge in [0.25, 0.3) is 0 Å². The number of hydrogen-bond acceptors (Lipinski definition) is 6. The molecule has 0 bridgehead atoms. The van der Waals surface area contributed by atoms with Crippen LogP contribution in [0.3, 0.4) is 0 Å². The molecule has 0 unspecified atom stereocenters. The molecule has 8 nitrogen and oxygen atoms in total. The Morgan fingerprint density at radius 3 is 2.52 bits per heavy atom. The summed E-state index contributed by atoms with van der Waals surface area (Å²) in [6.07, 6.45) is 7.52. The Bertz CT molecular complexity index is 1400. The fourth-order valence-electron chi connectivity index (χ4n) is 7.03. The molecule has 2 aliphatic heterocycles. The summed E-state index contributed by atoms with van der Waals surface area (Å²) in [5, 5.41) is 10.3. The van der Waals surface area contributed by atoms with E-state index in [2.05, 4.69) is 43.3 Å². The molecule has 5 N–H and O–H groups in total. The molecule has 1 aromatic rings. The van der Waals surface area contributed by atoms with E-state index >= 15 is 0 Å². The van der Waals surface area contributed by atoms with Crippen LogP contribution < -0.4 is 21.7 Å². The highest BCUT2D eigenvalue weighted by Crippen LogP contribution is 2.55. The van der Waals surface area contributed by atoms with Crippen molar-refractivity contribution >= 4 is 46.7 Å². The number of nitrogens with one attached hydrogen (secondary N) is 3. The number of benzene rings is 1. The lowest BCUT2D eigenvalue weighted by atomic mass is 9.62. The average Bonchev–Trinajstić information content (AvgIpc) is 3.46. The van der Waals surface area contributed by atoms with Crippen molar-refractivity contribution in [1.29, 1.82) is 0 Å². The van der Waals surface area contributed by atoms with Crippen LogP contribution in [0.4, 0.5) is 10.1 Å². The van der Waals surface area contributed by atoms with Gasteiger partial charge in [-0.15, -0.1) is 0 Å². The van der Waals surface area contributed by atoms with Crippen LogP contribution in [0, 0.1) is 17.3 Å². The van der Waals surface area contributed by atoms with Crippen molar-refractivity contribution < 1.29 is 23.5 Å². The molecule has 2 fully saturated rings. The van der Waals surface area contributed by atoms with E-state index in [-0.39, 0.29) is 40.3 Å². The van der Waals surface area contributed by atoms with E-state index in [1.165, 1.54) is 6.08 Å². The summed E-state index contributed by atoms with van der Waals surface area (Å²) in [4.78, 5) is 40.9. The first-order chi connectivity index (χ1) is 21.6. The minimum absolute atomic E-state index is 0.0208. The summed E-state index contributed by atoms with van der Waals surface area (Å²) < 4.78 is 18.7. The molecule has 0 radical (unpaired) electrons. The highest BCUT2D eigenvalue weighted by molar-refractivity contribution is 6.31. The van der Waals surface area contributed by atoms with Crippen LogP contribution in [0.2, 0.25) is 5.02 Å². The van der Waals surface area contributed by atoms with Crippen LogP contribution in [0.5, 0.6) is 0 Å². The van der Waals surface area contributed by atoms with E-state index in [0.717, 1.165) is 5.56 Å².